The van der Waals surface area contributed by atoms with Crippen molar-refractivity contribution in [1.29, 1.82) is 0 Å². The first kappa shape index (κ1) is 22.7. The lowest BCUT2D eigenvalue weighted by molar-refractivity contribution is -0.143. The molecule has 5 nitrogen and oxygen atoms in total. The highest BCUT2D eigenvalue weighted by Gasteiger charge is 2.45. The summed E-state index contributed by atoms with van der Waals surface area (Å²) in [7, 11) is 1.81. The number of benzene rings is 1. The number of aliphatic hydroxyl groups is 1. The molecule has 2 bridgehead atoms. The lowest BCUT2D eigenvalue weighted by Crippen LogP contribution is -2.54. The van der Waals surface area contributed by atoms with Crippen LogP contribution in [0.25, 0.3) is 0 Å². The highest BCUT2D eigenvalue weighted by atomic mass is 19.1. The lowest BCUT2D eigenvalue weighted by atomic mass is 9.71. The first-order chi connectivity index (χ1) is 14.1. The van der Waals surface area contributed by atoms with Gasteiger partial charge in [-0.25, -0.2) is 4.39 Å². The lowest BCUT2D eigenvalue weighted by Gasteiger charge is -2.43. The predicted octanol–water partition coefficient (Wildman–Crippen LogP) is 3.50. The molecule has 2 unspecified atom stereocenters. The second kappa shape index (κ2) is 9.04. The zero-order valence-electron chi connectivity index (χ0n) is 18.5. The minimum Gasteiger partial charge on any atom is -0.390 e. The van der Waals surface area contributed by atoms with Crippen molar-refractivity contribution >= 4 is 11.8 Å². The number of fused-ring (bicyclic) bond motifs is 12. The molecule has 4 rings (SSSR count). The van der Waals surface area contributed by atoms with E-state index in [0.29, 0.717) is 45.3 Å². The Morgan fingerprint density at radius 1 is 1.00 bits per heavy atom. The van der Waals surface area contributed by atoms with Gasteiger partial charge in [-0.05, 0) is 69.6 Å². The maximum Gasteiger partial charge on any atom is 0.233 e. The fourth-order valence-electron chi connectivity index (χ4n) is 5.02. The highest BCUT2D eigenvalue weighted by molar-refractivity contribution is 5.89. The summed E-state index contributed by atoms with van der Waals surface area (Å²) >= 11 is 0. The molecule has 3 saturated heterocycles. The SMILES string of the molecule is CC1CCCC(C)(O)CCCN(C)C(=O)C2(c3ccc(F)cc3)CCN(CC2)C1=O. The fourth-order valence-corrected chi connectivity index (χ4v) is 5.02. The summed E-state index contributed by atoms with van der Waals surface area (Å²) in [5, 5.41) is 10.7. The summed E-state index contributed by atoms with van der Waals surface area (Å²) in [4.78, 5) is 30.2. The van der Waals surface area contributed by atoms with E-state index in [-0.39, 0.29) is 23.5 Å². The molecule has 3 aliphatic rings. The normalized spacial score (nSPS) is 32.1. The summed E-state index contributed by atoms with van der Waals surface area (Å²) in [6, 6.07) is 6.23. The molecular formula is C24H35FN2O3. The van der Waals surface area contributed by atoms with E-state index in [9.17, 15) is 19.1 Å². The second-order valence-corrected chi connectivity index (χ2v) is 9.53. The number of hydrogen-bond donors (Lipinski definition) is 1. The summed E-state index contributed by atoms with van der Waals surface area (Å²) in [6.45, 7) is 5.41. The number of rotatable bonds is 1. The van der Waals surface area contributed by atoms with Gasteiger partial charge in [-0.15, -0.1) is 0 Å². The van der Waals surface area contributed by atoms with Crippen LogP contribution in [0.3, 0.4) is 0 Å². The van der Waals surface area contributed by atoms with Crippen molar-refractivity contribution in [3.05, 3.63) is 35.6 Å². The molecule has 6 heteroatoms. The average molecular weight is 419 g/mol. The van der Waals surface area contributed by atoms with Crippen LogP contribution in [0, 0.1) is 11.7 Å². The standard InChI is InChI=1S/C24H35FN2O3/c1-18-6-4-11-23(2,30)12-5-15-26(3)22(29)24(19-7-9-20(25)10-8-19)13-16-27(17-14-24)21(18)28/h7-10,18,30H,4-6,11-17H2,1-3H3. The van der Waals surface area contributed by atoms with E-state index >= 15 is 0 Å². The van der Waals surface area contributed by atoms with Crippen molar-refractivity contribution in [2.45, 2.75) is 69.8 Å². The first-order valence-electron chi connectivity index (χ1n) is 11.2. The molecule has 0 radical (unpaired) electrons. The third-order valence-electron chi connectivity index (χ3n) is 7.06. The number of likely N-dealkylation sites (N-methyl/N-ethyl adjacent to an activating group) is 1. The minimum absolute atomic E-state index is 0.0174. The van der Waals surface area contributed by atoms with Crippen LogP contribution in [0.15, 0.2) is 24.3 Å². The number of halogens is 1. The number of hydrogen-bond acceptors (Lipinski definition) is 3. The van der Waals surface area contributed by atoms with Gasteiger partial charge in [0, 0.05) is 32.6 Å². The number of amides is 2. The Morgan fingerprint density at radius 2 is 1.60 bits per heavy atom. The van der Waals surface area contributed by atoms with Crippen molar-refractivity contribution in [2.75, 3.05) is 26.7 Å². The van der Waals surface area contributed by atoms with Crippen molar-refractivity contribution in [3.8, 4) is 0 Å². The summed E-state index contributed by atoms with van der Waals surface area (Å²) in [5.41, 5.74) is -0.719. The Bertz CT molecular complexity index is 754. The van der Waals surface area contributed by atoms with E-state index in [0.717, 1.165) is 24.8 Å². The van der Waals surface area contributed by atoms with Gasteiger partial charge in [0.15, 0.2) is 0 Å². The van der Waals surface area contributed by atoms with Gasteiger partial charge in [-0.3, -0.25) is 9.59 Å². The van der Waals surface area contributed by atoms with Crippen LogP contribution >= 0.6 is 0 Å². The molecule has 3 fully saturated rings. The van der Waals surface area contributed by atoms with Gasteiger partial charge in [0.05, 0.1) is 11.0 Å². The largest absolute Gasteiger partial charge is 0.390 e. The Morgan fingerprint density at radius 3 is 2.23 bits per heavy atom. The smallest absolute Gasteiger partial charge is 0.233 e. The fraction of sp³-hybridized carbons (Fsp3) is 0.667. The van der Waals surface area contributed by atoms with Crippen LogP contribution in [0.4, 0.5) is 4.39 Å². The van der Waals surface area contributed by atoms with Gasteiger partial charge >= 0.3 is 0 Å². The Balaban J connectivity index is 1.91. The average Bonchev–Trinajstić information content (AvgIpc) is 2.72. The highest BCUT2D eigenvalue weighted by Crippen LogP contribution is 2.38. The van der Waals surface area contributed by atoms with Crippen LogP contribution < -0.4 is 0 Å². The molecular weight excluding hydrogens is 383 g/mol. The van der Waals surface area contributed by atoms with E-state index in [4.69, 9.17) is 0 Å². The Labute approximate surface area is 179 Å². The van der Waals surface area contributed by atoms with Gasteiger partial charge in [0.2, 0.25) is 11.8 Å². The zero-order valence-corrected chi connectivity index (χ0v) is 18.5. The first-order valence-corrected chi connectivity index (χ1v) is 11.2. The van der Waals surface area contributed by atoms with Gasteiger partial charge in [0.1, 0.15) is 5.82 Å². The van der Waals surface area contributed by atoms with E-state index < -0.39 is 11.0 Å². The molecule has 0 aromatic heterocycles. The topological polar surface area (TPSA) is 60.9 Å². The predicted molar refractivity (Wildman–Crippen MR) is 114 cm³/mol. The Kier molecular flexibility index (Phi) is 6.85. The molecule has 166 valence electrons. The molecule has 2 atom stereocenters. The maximum absolute atomic E-state index is 13.6. The molecule has 1 aromatic carbocycles. The molecule has 3 heterocycles. The molecule has 0 spiro atoms. The Hall–Kier alpha value is -1.95. The van der Waals surface area contributed by atoms with Crippen LogP contribution in [0.5, 0.6) is 0 Å². The van der Waals surface area contributed by atoms with E-state index in [1.165, 1.54) is 12.1 Å². The zero-order chi connectivity index (χ0) is 21.9. The van der Waals surface area contributed by atoms with Gasteiger partial charge in [0.25, 0.3) is 0 Å². The summed E-state index contributed by atoms with van der Waals surface area (Å²) in [5.74, 6) is -0.277. The summed E-state index contributed by atoms with van der Waals surface area (Å²) < 4.78 is 13.5. The molecule has 30 heavy (non-hydrogen) atoms. The van der Waals surface area contributed by atoms with Crippen molar-refractivity contribution < 1.29 is 19.1 Å². The monoisotopic (exact) mass is 418 g/mol. The molecule has 3 aliphatic heterocycles. The van der Waals surface area contributed by atoms with E-state index in [1.54, 1.807) is 24.1 Å². The van der Waals surface area contributed by atoms with Gasteiger partial charge < -0.3 is 14.9 Å². The van der Waals surface area contributed by atoms with Crippen LogP contribution in [0.1, 0.15) is 64.4 Å². The van der Waals surface area contributed by atoms with E-state index in [2.05, 4.69) is 0 Å². The van der Waals surface area contributed by atoms with E-state index in [1.807, 2.05) is 18.7 Å². The van der Waals surface area contributed by atoms with Crippen molar-refractivity contribution in [1.82, 2.24) is 9.80 Å². The number of piperidine rings is 1. The van der Waals surface area contributed by atoms with Crippen molar-refractivity contribution in [3.63, 3.8) is 0 Å². The minimum atomic E-state index is -0.791. The van der Waals surface area contributed by atoms with Crippen LogP contribution in [-0.2, 0) is 15.0 Å². The van der Waals surface area contributed by atoms with Crippen LogP contribution in [0.2, 0.25) is 0 Å². The molecule has 0 aliphatic carbocycles. The number of nitrogens with zero attached hydrogens (tertiary/aromatic N) is 2. The van der Waals surface area contributed by atoms with Crippen LogP contribution in [-0.4, -0.2) is 59.0 Å². The third-order valence-corrected chi connectivity index (χ3v) is 7.06. The van der Waals surface area contributed by atoms with Crippen molar-refractivity contribution in [2.24, 2.45) is 5.92 Å². The van der Waals surface area contributed by atoms with Gasteiger partial charge in [-0.2, -0.15) is 0 Å². The molecule has 1 N–H and O–H groups in total. The maximum atomic E-state index is 13.6. The summed E-state index contributed by atoms with van der Waals surface area (Å²) in [6.07, 6.45) is 4.63. The second-order valence-electron chi connectivity index (χ2n) is 9.53. The number of carbonyl (C=O) groups excluding carboxylic acids is 2. The molecule has 1 aromatic rings. The van der Waals surface area contributed by atoms with Gasteiger partial charge in [-0.1, -0.05) is 19.1 Å². The molecule has 2 amide bonds. The third kappa shape index (κ3) is 4.85. The quantitative estimate of drug-likeness (QED) is 0.759. The number of carbonyl (C=O) groups is 2. The molecule has 0 saturated carbocycles.